The molecule has 2 aromatic rings. The number of hydrogen-bond acceptors (Lipinski definition) is 4. The highest BCUT2D eigenvalue weighted by Crippen LogP contribution is 2.36. The molecule has 6 nitrogen and oxygen atoms in total. The summed E-state index contributed by atoms with van der Waals surface area (Å²) in [4.78, 5) is 14.4. The Kier molecular flexibility index (Phi) is 3.98. The zero-order valence-electron chi connectivity index (χ0n) is 13.6. The fourth-order valence-corrected chi connectivity index (χ4v) is 3.81. The van der Waals surface area contributed by atoms with Gasteiger partial charge in [-0.1, -0.05) is 18.2 Å². The normalized spacial score (nSPS) is 26.7. The first-order chi connectivity index (χ1) is 11.7. The van der Waals surface area contributed by atoms with Crippen molar-refractivity contribution in [3.63, 3.8) is 0 Å². The van der Waals surface area contributed by atoms with Crippen LogP contribution in [0.4, 0.5) is 5.69 Å². The number of benzene rings is 1. The first-order valence-corrected chi connectivity index (χ1v) is 8.48. The van der Waals surface area contributed by atoms with E-state index in [0.717, 1.165) is 31.5 Å². The molecular formula is C18H22N4O2. The second kappa shape index (κ2) is 6.28. The van der Waals surface area contributed by atoms with Gasteiger partial charge >= 0.3 is 0 Å². The Morgan fingerprint density at radius 1 is 1.33 bits per heavy atom. The predicted octanol–water partition coefficient (Wildman–Crippen LogP) is 2.29. The van der Waals surface area contributed by atoms with E-state index < -0.39 is 0 Å². The Morgan fingerprint density at radius 3 is 3.00 bits per heavy atom. The standard InChI is InChI=1S/C18H22N4O2/c23-17(16-7-9-19-21-16)22-10-4-8-18(13-22)11-15(12-24-18)20-14-5-2-1-3-6-14/h1-3,5-7,9,15,20H,4,8,10-13H2,(H,19,21). The highest BCUT2D eigenvalue weighted by molar-refractivity contribution is 5.92. The van der Waals surface area contributed by atoms with Crippen molar-refractivity contribution in [3.05, 3.63) is 48.3 Å². The number of aromatic amines is 1. The van der Waals surface area contributed by atoms with Crippen LogP contribution in [0.3, 0.4) is 0 Å². The largest absolute Gasteiger partial charge is 0.380 e. The lowest BCUT2D eigenvalue weighted by Crippen LogP contribution is -2.50. The number of likely N-dealkylation sites (tertiary alicyclic amines) is 1. The number of H-pyrrole nitrogens is 1. The molecule has 2 saturated heterocycles. The van der Waals surface area contributed by atoms with Gasteiger partial charge in [-0.2, -0.15) is 5.10 Å². The lowest BCUT2D eigenvalue weighted by Gasteiger charge is -2.39. The molecule has 2 unspecified atom stereocenters. The third kappa shape index (κ3) is 3.01. The molecule has 2 aliphatic rings. The number of nitrogens with zero attached hydrogens (tertiary/aromatic N) is 2. The number of para-hydroxylation sites is 1. The molecule has 126 valence electrons. The Hall–Kier alpha value is -2.34. The summed E-state index contributed by atoms with van der Waals surface area (Å²) in [6, 6.07) is 12.2. The zero-order valence-corrected chi connectivity index (χ0v) is 13.6. The molecule has 2 aliphatic heterocycles. The number of ether oxygens (including phenoxy) is 1. The summed E-state index contributed by atoms with van der Waals surface area (Å²) in [5.41, 5.74) is 1.44. The van der Waals surface area contributed by atoms with Crippen LogP contribution >= 0.6 is 0 Å². The molecule has 3 heterocycles. The molecule has 1 aromatic carbocycles. The SMILES string of the molecule is O=C(c1ccn[nH]1)N1CCCC2(CC(Nc3ccccc3)CO2)C1. The first kappa shape index (κ1) is 15.2. The molecule has 0 aliphatic carbocycles. The van der Waals surface area contributed by atoms with Gasteiger partial charge in [-0.25, -0.2) is 0 Å². The van der Waals surface area contributed by atoms with Crippen molar-refractivity contribution in [1.82, 2.24) is 15.1 Å². The molecule has 24 heavy (non-hydrogen) atoms. The number of anilines is 1. The number of amides is 1. The van der Waals surface area contributed by atoms with Crippen molar-refractivity contribution in [3.8, 4) is 0 Å². The molecule has 4 rings (SSSR count). The van der Waals surface area contributed by atoms with E-state index in [2.05, 4.69) is 27.6 Å². The number of rotatable bonds is 3. The third-order valence-corrected chi connectivity index (χ3v) is 4.91. The van der Waals surface area contributed by atoms with Gasteiger partial charge in [0.2, 0.25) is 0 Å². The molecule has 0 bridgehead atoms. The maximum atomic E-state index is 12.6. The summed E-state index contributed by atoms with van der Waals surface area (Å²) < 4.78 is 6.18. The smallest absolute Gasteiger partial charge is 0.271 e. The highest BCUT2D eigenvalue weighted by Gasteiger charge is 2.44. The summed E-state index contributed by atoms with van der Waals surface area (Å²) in [7, 11) is 0. The number of aromatic nitrogens is 2. The van der Waals surface area contributed by atoms with Gasteiger partial charge in [0.05, 0.1) is 24.8 Å². The summed E-state index contributed by atoms with van der Waals surface area (Å²) >= 11 is 0. The van der Waals surface area contributed by atoms with Crippen molar-refractivity contribution in [1.29, 1.82) is 0 Å². The topological polar surface area (TPSA) is 70.2 Å². The number of hydrogen-bond donors (Lipinski definition) is 2. The number of piperidine rings is 1. The Labute approximate surface area is 141 Å². The second-order valence-electron chi connectivity index (χ2n) is 6.71. The van der Waals surface area contributed by atoms with E-state index >= 15 is 0 Å². The molecule has 0 saturated carbocycles. The summed E-state index contributed by atoms with van der Waals surface area (Å²) in [5, 5.41) is 10.2. The fourth-order valence-electron chi connectivity index (χ4n) is 3.81. The molecule has 1 amide bonds. The minimum atomic E-state index is -0.222. The van der Waals surface area contributed by atoms with Crippen LogP contribution in [0.2, 0.25) is 0 Å². The molecular weight excluding hydrogens is 304 g/mol. The van der Waals surface area contributed by atoms with Crippen molar-refractivity contribution in [2.45, 2.75) is 30.9 Å². The second-order valence-corrected chi connectivity index (χ2v) is 6.71. The van der Waals surface area contributed by atoms with Crippen LogP contribution in [0.15, 0.2) is 42.6 Å². The van der Waals surface area contributed by atoms with Gasteiger partial charge < -0.3 is 15.0 Å². The number of carbonyl (C=O) groups is 1. The first-order valence-electron chi connectivity index (χ1n) is 8.48. The molecule has 2 atom stereocenters. The van der Waals surface area contributed by atoms with Gasteiger partial charge in [0, 0.05) is 24.8 Å². The molecule has 6 heteroatoms. The molecule has 1 aromatic heterocycles. The minimum Gasteiger partial charge on any atom is -0.380 e. The van der Waals surface area contributed by atoms with Crippen LogP contribution in [0.5, 0.6) is 0 Å². The van der Waals surface area contributed by atoms with E-state index in [9.17, 15) is 4.79 Å². The molecule has 1 spiro atoms. The van der Waals surface area contributed by atoms with E-state index in [1.165, 1.54) is 0 Å². The van der Waals surface area contributed by atoms with Crippen LogP contribution in [0, 0.1) is 0 Å². The Morgan fingerprint density at radius 2 is 2.21 bits per heavy atom. The molecule has 2 fully saturated rings. The van der Waals surface area contributed by atoms with E-state index in [-0.39, 0.29) is 17.6 Å². The van der Waals surface area contributed by atoms with E-state index in [1.54, 1.807) is 12.3 Å². The summed E-state index contributed by atoms with van der Waals surface area (Å²) in [5.74, 6) is 0.00893. The van der Waals surface area contributed by atoms with E-state index in [1.807, 2.05) is 23.1 Å². The van der Waals surface area contributed by atoms with Crippen molar-refractivity contribution in [2.24, 2.45) is 0 Å². The average molecular weight is 326 g/mol. The molecule has 2 N–H and O–H groups in total. The van der Waals surface area contributed by atoms with Crippen LogP contribution in [0.1, 0.15) is 29.8 Å². The van der Waals surface area contributed by atoms with Crippen LogP contribution < -0.4 is 5.32 Å². The maximum Gasteiger partial charge on any atom is 0.271 e. The maximum absolute atomic E-state index is 12.6. The summed E-state index contributed by atoms with van der Waals surface area (Å²) in [6.45, 7) is 2.11. The van der Waals surface area contributed by atoms with Gasteiger partial charge in [-0.15, -0.1) is 0 Å². The number of nitrogens with one attached hydrogen (secondary N) is 2. The third-order valence-electron chi connectivity index (χ3n) is 4.91. The lowest BCUT2D eigenvalue weighted by molar-refractivity contribution is -0.0448. The fraction of sp³-hybridized carbons (Fsp3) is 0.444. The van der Waals surface area contributed by atoms with Gasteiger partial charge in [-0.05, 0) is 31.0 Å². The minimum absolute atomic E-state index is 0.00893. The monoisotopic (exact) mass is 326 g/mol. The van der Waals surface area contributed by atoms with Gasteiger partial charge in [0.25, 0.3) is 5.91 Å². The van der Waals surface area contributed by atoms with Gasteiger partial charge in [-0.3, -0.25) is 9.89 Å². The zero-order chi connectivity index (χ0) is 16.4. The van der Waals surface area contributed by atoms with Crippen molar-refractivity contribution >= 4 is 11.6 Å². The highest BCUT2D eigenvalue weighted by atomic mass is 16.5. The van der Waals surface area contributed by atoms with Gasteiger partial charge in [0.15, 0.2) is 0 Å². The van der Waals surface area contributed by atoms with Crippen molar-refractivity contribution < 1.29 is 9.53 Å². The average Bonchev–Trinajstić information content (AvgIpc) is 3.26. The number of carbonyl (C=O) groups excluding carboxylic acids is 1. The lowest BCUT2D eigenvalue weighted by atomic mass is 9.88. The van der Waals surface area contributed by atoms with Crippen LogP contribution in [-0.4, -0.2) is 52.3 Å². The van der Waals surface area contributed by atoms with E-state index in [0.29, 0.717) is 18.8 Å². The molecule has 0 radical (unpaired) electrons. The Bertz CT molecular complexity index is 688. The van der Waals surface area contributed by atoms with Gasteiger partial charge in [0.1, 0.15) is 5.69 Å². The Balaban J connectivity index is 1.41. The summed E-state index contributed by atoms with van der Waals surface area (Å²) in [6.07, 6.45) is 4.51. The predicted molar refractivity (Wildman–Crippen MR) is 90.9 cm³/mol. The van der Waals surface area contributed by atoms with Crippen LogP contribution in [0.25, 0.3) is 0 Å². The quantitative estimate of drug-likeness (QED) is 0.908. The van der Waals surface area contributed by atoms with Crippen molar-refractivity contribution in [2.75, 3.05) is 25.0 Å². The van der Waals surface area contributed by atoms with E-state index in [4.69, 9.17) is 4.74 Å². The van der Waals surface area contributed by atoms with Crippen LogP contribution in [-0.2, 0) is 4.74 Å².